The molecule has 0 fully saturated rings. The maximum atomic E-state index is 11.9. The van der Waals surface area contributed by atoms with Gasteiger partial charge in [0.1, 0.15) is 11.3 Å². The number of furan rings is 1. The third-order valence-corrected chi connectivity index (χ3v) is 4.95. The van der Waals surface area contributed by atoms with Crippen molar-refractivity contribution in [2.75, 3.05) is 5.32 Å². The van der Waals surface area contributed by atoms with Crippen LogP contribution in [0.5, 0.6) is 0 Å². The van der Waals surface area contributed by atoms with E-state index in [0.717, 1.165) is 15.8 Å². The molecule has 1 aromatic carbocycles. The average molecular weight is 352 g/mol. The lowest BCUT2D eigenvalue weighted by atomic mass is 10.2. The third kappa shape index (κ3) is 3.15. The smallest absolute Gasteiger partial charge is 0.250 e. The van der Waals surface area contributed by atoms with Crippen molar-refractivity contribution in [3.8, 4) is 11.5 Å². The summed E-state index contributed by atoms with van der Waals surface area (Å²) >= 11 is 2.95. The monoisotopic (exact) mass is 352 g/mol. The number of thiazole rings is 1. The number of para-hydroxylation sites is 1. The Hall–Kier alpha value is -2.70. The molecule has 0 bridgehead atoms. The Kier molecular flexibility index (Phi) is 3.98. The fourth-order valence-electron chi connectivity index (χ4n) is 2.24. The molecule has 3 aromatic heterocycles. The van der Waals surface area contributed by atoms with E-state index in [4.69, 9.17) is 4.42 Å². The van der Waals surface area contributed by atoms with Gasteiger partial charge in [-0.2, -0.15) is 0 Å². The van der Waals surface area contributed by atoms with Gasteiger partial charge >= 0.3 is 0 Å². The molecule has 0 aliphatic heterocycles. The molecule has 4 nitrogen and oxygen atoms in total. The summed E-state index contributed by atoms with van der Waals surface area (Å²) in [6.45, 7) is 0. The van der Waals surface area contributed by atoms with Gasteiger partial charge in [-0.25, -0.2) is 4.98 Å². The molecule has 0 saturated carbocycles. The summed E-state index contributed by atoms with van der Waals surface area (Å²) in [5, 5.41) is 8.19. The summed E-state index contributed by atoms with van der Waals surface area (Å²) in [5.41, 5.74) is 1.54. The van der Waals surface area contributed by atoms with E-state index >= 15 is 0 Å². The number of nitrogens with one attached hydrogen (secondary N) is 1. The van der Waals surface area contributed by atoms with E-state index in [1.165, 1.54) is 17.4 Å². The van der Waals surface area contributed by atoms with Gasteiger partial charge in [0, 0.05) is 21.7 Å². The van der Waals surface area contributed by atoms with Crippen molar-refractivity contribution >= 4 is 50.8 Å². The number of nitrogens with zero attached hydrogens (tertiary/aromatic N) is 1. The van der Waals surface area contributed by atoms with Crippen LogP contribution in [0.3, 0.4) is 0 Å². The summed E-state index contributed by atoms with van der Waals surface area (Å²) in [7, 11) is 0. The zero-order valence-corrected chi connectivity index (χ0v) is 14.1. The van der Waals surface area contributed by atoms with Crippen LogP contribution in [0.4, 0.5) is 5.13 Å². The van der Waals surface area contributed by atoms with Crippen LogP contribution in [-0.4, -0.2) is 10.9 Å². The molecule has 4 aromatic rings. The first-order chi connectivity index (χ1) is 11.8. The van der Waals surface area contributed by atoms with Crippen LogP contribution in [0.25, 0.3) is 28.5 Å². The van der Waals surface area contributed by atoms with Crippen LogP contribution in [-0.2, 0) is 4.79 Å². The summed E-state index contributed by atoms with van der Waals surface area (Å²) in [6, 6.07) is 13.7. The lowest BCUT2D eigenvalue weighted by Crippen LogP contribution is -2.07. The number of thiophene rings is 1. The highest BCUT2D eigenvalue weighted by molar-refractivity contribution is 7.14. The van der Waals surface area contributed by atoms with Gasteiger partial charge in [0.2, 0.25) is 5.91 Å². The Balaban J connectivity index is 1.49. The first-order valence-electron chi connectivity index (χ1n) is 7.25. The molecule has 1 amide bonds. The molecule has 24 heavy (non-hydrogen) atoms. The van der Waals surface area contributed by atoms with Crippen molar-refractivity contribution in [2.45, 2.75) is 0 Å². The second kappa shape index (κ2) is 6.43. The van der Waals surface area contributed by atoms with Crippen molar-refractivity contribution in [3.63, 3.8) is 0 Å². The maximum Gasteiger partial charge on any atom is 0.250 e. The standard InChI is InChI=1S/C18H12N2O2S2/c21-17(8-7-13-5-3-9-23-13)20-18-19-14(11-24-18)16-10-12-4-1-2-6-15(12)22-16/h1-11H,(H,19,20,21)/b8-7+. The van der Waals surface area contributed by atoms with E-state index in [0.29, 0.717) is 16.6 Å². The molecule has 0 aliphatic carbocycles. The van der Waals surface area contributed by atoms with Crippen molar-refractivity contribution in [3.05, 3.63) is 64.2 Å². The SMILES string of the molecule is O=C(/C=C/c1cccs1)Nc1nc(-c2cc3ccccc3o2)cs1. The normalized spacial score (nSPS) is 11.3. The number of aromatic nitrogens is 1. The summed E-state index contributed by atoms with van der Waals surface area (Å²) in [5.74, 6) is 0.496. The molecule has 0 radical (unpaired) electrons. The summed E-state index contributed by atoms with van der Waals surface area (Å²) < 4.78 is 5.79. The van der Waals surface area contributed by atoms with Crippen LogP contribution < -0.4 is 5.32 Å². The van der Waals surface area contributed by atoms with Crippen LogP contribution in [0.1, 0.15) is 4.88 Å². The highest BCUT2D eigenvalue weighted by Crippen LogP contribution is 2.30. The summed E-state index contributed by atoms with van der Waals surface area (Å²) in [6.07, 6.45) is 3.29. The number of anilines is 1. The van der Waals surface area contributed by atoms with Crippen LogP contribution in [0.15, 0.2) is 63.7 Å². The number of hydrogen-bond acceptors (Lipinski definition) is 5. The Bertz CT molecular complexity index is 980. The van der Waals surface area contributed by atoms with Crippen LogP contribution in [0, 0.1) is 0 Å². The fraction of sp³-hybridized carbons (Fsp3) is 0. The number of fused-ring (bicyclic) bond motifs is 1. The van der Waals surface area contributed by atoms with E-state index < -0.39 is 0 Å². The van der Waals surface area contributed by atoms with Gasteiger partial charge in [-0.3, -0.25) is 10.1 Å². The lowest BCUT2D eigenvalue weighted by Gasteiger charge is -1.95. The molecule has 118 valence electrons. The molecule has 0 atom stereocenters. The van der Waals surface area contributed by atoms with Crippen LogP contribution in [0.2, 0.25) is 0 Å². The van der Waals surface area contributed by atoms with Crippen molar-refractivity contribution in [1.82, 2.24) is 4.98 Å². The average Bonchev–Trinajstić information content (AvgIpc) is 3.32. The number of carbonyl (C=O) groups is 1. The largest absolute Gasteiger partial charge is 0.454 e. The molecular weight excluding hydrogens is 340 g/mol. The second-order valence-corrected chi connectivity index (χ2v) is 6.86. The van der Waals surface area contributed by atoms with Crippen LogP contribution >= 0.6 is 22.7 Å². The first-order valence-corrected chi connectivity index (χ1v) is 9.01. The Morgan fingerprint density at radius 2 is 2.08 bits per heavy atom. The zero-order chi connectivity index (χ0) is 16.4. The second-order valence-electron chi connectivity index (χ2n) is 5.02. The molecular formula is C18H12N2O2S2. The quantitative estimate of drug-likeness (QED) is 0.509. The van der Waals surface area contributed by atoms with Gasteiger partial charge in [0.05, 0.1) is 0 Å². The fourth-order valence-corrected chi connectivity index (χ4v) is 3.56. The van der Waals surface area contributed by atoms with Crippen molar-refractivity contribution in [1.29, 1.82) is 0 Å². The topological polar surface area (TPSA) is 55.1 Å². The minimum Gasteiger partial charge on any atom is -0.454 e. The molecule has 0 saturated heterocycles. The molecule has 6 heteroatoms. The predicted octanol–water partition coefficient (Wildman–Crippen LogP) is 5.27. The predicted molar refractivity (Wildman–Crippen MR) is 99.3 cm³/mol. The first kappa shape index (κ1) is 14.9. The van der Waals surface area contributed by atoms with Gasteiger partial charge in [-0.05, 0) is 29.7 Å². The van der Waals surface area contributed by atoms with E-state index in [1.807, 2.05) is 53.2 Å². The number of hydrogen-bond donors (Lipinski definition) is 1. The third-order valence-electron chi connectivity index (χ3n) is 3.35. The molecule has 4 rings (SSSR count). The van der Waals surface area contributed by atoms with E-state index in [2.05, 4.69) is 10.3 Å². The lowest BCUT2D eigenvalue weighted by molar-refractivity contribution is -0.111. The van der Waals surface area contributed by atoms with Gasteiger partial charge in [-0.15, -0.1) is 22.7 Å². The minimum absolute atomic E-state index is 0.200. The maximum absolute atomic E-state index is 11.9. The zero-order valence-electron chi connectivity index (χ0n) is 12.4. The highest BCUT2D eigenvalue weighted by atomic mass is 32.1. The number of amides is 1. The van der Waals surface area contributed by atoms with Gasteiger partial charge in [0.25, 0.3) is 0 Å². The van der Waals surface area contributed by atoms with E-state index in [9.17, 15) is 4.79 Å². The number of benzene rings is 1. The molecule has 1 N–H and O–H groups in total. The Morgan fingerprint density at radius 3 is 2.92 bits per heavy atom. The minimum atomic E-state index is -0.200. The molecule has 0 aliphatic rings. The van der Waals surface area contributed by atoms with Crippen molar-refractivity contribution in [2.24, 2.45) is 0 Å². The van der Waals surface area contributed by atoms with E-state index in [-0.39, 0.29) is 5.91 Å². The number of rotatable bonds is 4. The molecule has 0 unspecified atom stereocenters. The highest BCUT2D eigenvalue weighted by Gasteiger charge is 2.11. The van der Waals surface area contributed by atoms with Gasteiger partial charge in [0.15, 0.2) is 10.9 Å². The van der Waals surface area contributed by atoms with Crippen molar-refractivity contribution < 1.29 is 9.21 Å². The number of carbonyl (C=O) groups excluding carboxylic acids is 1. The van der Waals surface area contributed by atoms with E-state index in [1.54, 1.807) is 17.4 Å². The van der Waals surface area contributed by atoms with Gasteiger partial charge in [-0.1, -0.05) is 24.3 Å². The molecule has 3 heterocycles. The van der Waals surface area contributed by atoms with Gasteiger partial charge < -0.3 is 4.42 Å². The molecule has 0 spiro atoms. The Labute approximate surface area is 146 Å². The Morgan fingerprint density at radius 1 is 1.17 bits per heavy atom. The summed E-state index contributed by atoms with van der Waals surface area (Å²) in [4.78, 5) is 17.4.